The fourth-order valence-corrected chi connectivity index (χ4v) is 15.8. The van der Waals surface area contributed by atoms with Crippen LogP contribution < -0.4 is 21.2 Å². The summed E-state index contributed by atoms with van der Waals surface area (Å²) in [4.78, 5) is 0. The molecule has 0 radical (unpaired) electrons. The second-order valence-electron chi connectivity index (χ2n) is 17.0. The minimum atomic E-state index is -0.783. The maximum absolute atomic E-state index is 7.45. The van der Waals surface area contributed by atoms with Gasteiger partial charge in [0.1, 0.15) is 12.3 Å². The van der Waals surface area contributed by atoms with Crippen LogP contribution in [0.3, 0.4) is 0 Å². The third-order valence-electron chi connectivity index (χ3n) is 12.5. The molecule has 0 fully saturated rings. The molecule has 2 aliphatic carbocycles. The standard InChI is InChI=1S/C26H24P2.2C17H13.2Au/c1-5-13-23(14-6-1)27(24-15-7-2-8-16-24)21-22-28(25-17-9-3-10-18-25)26-19-11-4-12-20-26;2*1-4-12-8-7-10-14-13-9-5-6-11-15(13)17(2,3)16(12)14;;/h1-20H,21-22H2;2*5-11H,2-3H3;;/q;2*-1;2*+1/p+2. The van der Waals surface area contributed by atoms with Crippen LogP contribution in [0.5, 0.6) is 0 Å². The Bertz CT molecular complexity index is 2590. The van der Waals surface area contributed by atoms with Crippen molar-refractivity contribution in [2.24, 2.45) is 0 Å². The average molecular weight is 1230 g/mol. The molecule has 64 heavy (non-hydrogen) atoms. The summed E-state index contributed by atoms with van der Waals surface area (Å²) >= 11 is 0. The van der Waals surface area contributed by atoms with Gasteiger partial charge in [0.25, 0.3) is 0 Å². The molecule has 0 saturated heterocycles. The normalized spacial score (nSPS) is 12.8. The number of hydrogen-bond donors (Lipinski definition) is 0. The molecule has 2 aliphatic rings. The van der Waals surface area contributed by atoms with Crippen LogP contribution in [0, 0.1) is 24.7 Å². The van der Waals surface area contributed by atoms with Gasteiger partial charge in [-0.15, -0.1) is 23.3 Å². The second kappa shape index (κ2) is 21.9. The van der Waals surface area contributed by atoms with Crippen molar-refractivity contribution in [3.05, 3.63) is 252 Å². The molecule has 0 amide bonds. The smallest absolute Gasteiger partial charge is 0.366 e. The Morgan fingerprint density at radius 2 is 0.609 bits per heavy atom. The van der Waals surface area contributed by atoms with Gasteiger partial charge in [-0.05, 0) is 81.9 Å². The van der Waals surface area contributed by atoms with Crippen molar-refractivity contribution in [3.63, 3.8) is 0 Å². The molecule has 8 aromatic carbocycles. The van der Waals surface area contributed by atoms with Crippen molar-refractivity contribution in [1.29, 1.82) is 0 Å². The van der Waals surface area contributed by atoms with E-state index in [-0.39, 0.29) is 55.6 Å². The fraction of sp³-hybridized carbons (Fsp3) is 0.133. The first kappa shape index (κ1) is 48.7. The predicted octanol–water partition coefficient (Wildman–Crippen LogP) is 12.6. The van der Waals surface area contributed by atoms with E-state index in [4.69, 9.17) is 12.8 Å². The van der Waals surface area contributed by atoms with Gasteiger partial charge < -0.3 is 12.8 Å². The molecule has 8 aromatic rings. The van der Waals surface area contributed by atoms with Crippen molar-refractivity contribution >= 4 is 37.1 Å². The van der Waals surface area contributed by atoms with Crippen LogP contribution in [-0.4, -0.2) is 12.3 Å². The summed E-state index contributed by atoms with van der Waals surface area (Å²) in [5.74, 6) is 5.14. The van der Waals surface area contributed by atoms with E-state index in [1.165, 1.54) is 78.0 Å². The maximum atomic E-state index is 7.45. The third-order valence-corrected chi connectivity index (χ3v) is 18.7. The van der Waals surface area contributed by atoms with Crippen molar-refractivity contribution < 1.29 is 44.8 Å². The quantitative estimate of drug-likeness (QED) is 0.0646. The largest absolute Gasteiger partial charge is 1.00 e. The zero-order valence-electron chi connectivity index (χ0n) is 36.6. The summed E-state index contributed by atoms with van der Waals surface area (Å²) in [6.07, 6.45) is 17.4. The van der Waals surface area contributed by atoms with E-state index in [9.17, 15) is 0 Å². The molecule has 4 heteroatoms. The molecule has 10 rings (SSSR count). The zero-order valence-corrected chi connectivity index (χ0v) is 43.0. The van der Waals surface area contributed by atoms with Gasteiger partial charge in [-0.3, -0.25) is 11.8 Å². The summed E-state index contributed by atoms with van der Waals surface area (Å²) < 4.78 is 0. The molecule has 0 saturated carbocycles. The summed E-state index contributed by atoms with van der Waals surface area (Å²) in [7, 11) is -1.57. The Balaban J connectivity index is 0.000000165. The molecule has 0 N–H and O–H groups in total. The molecule has 0 aliphatic heterocycles. The Kier molecular flexibility index (Phi) is 16.7. The second-order valence-corrected chi connectivity index (χ2v) is 22.2. The van der Waals surface area contributed by atoms with Crippen LogP contribution in [0.15, 0.2) is 206 Å². The first-order valence-corrected chi connectivity index (χ1v) is 24.9. The van der Waals surface area contributed by atoms with Gasteiger partial charge in [-0.1, -0.05) is 184 Å². The summed E-state index contributed by atoms with van der Waals surface area (Å²) in [6.45, 7) is 8.88. The van der Waals surface area contributed by atoms with Crippen LogP contribution in [0.25, 0.3) is 22.3 Å². The van der Waals surface area contributed by atoms with Crippen LogP contribution in [0.2, 0.25) is 0 Å². The van der Waals surface area contributed by atoms with E-state index in [1.807, 2.05) is 24.3 Å². The third kappa shape index (κ3) is 10.0. The minimum absolute atomic E-state index is 0. The molecular formula is C60H52Au2P2+2. The van der Waals surface area contributed by atoms with Crippen LogP contribution in [0.4, 0.5) is 0 Å². The Morgan fingerprint density at radius 3 is 0.906 bits per heavy atom. The molecule has 0 heterocycles. The van der Waals surface area contributed by atoms with Crippen LogP contribution >= 0.6 is 15.8 Å². The van der Waals surface area contributed by atoms with E-state index in [0.29, 0.717) is 0 Å². The topological polar surface area (TPSA) is 0 Å². The molecular weight excluding hydrogens is 1180 g/mol. The van der Waals surface area contributed by atoms with Crippen molar-refractivity contribution in [1.82, 2.24) is 0 Å². The number of benzene rings is 8. The number of rotatable bonds is 7. The van der Waals surface area contributed by atoms with Gasteiger partial charge in [-0.2, -0.15) is 0 Å². The van der Waals surface area contributed by atoms with Crippen LogP contribution in [-0.2, 0) is 55.6 Å². The predicted molar refractivity (Wildman–Crippen MR) is 271 cm³/mol. The van der Waals surface area contributed by atoms with Crippen LogP contribution in [0.1, 0.15) is 61.1 Å². The van der Waals surface area contributed by atoms with E-state index in [2.05, 4.69) is 222 Å². The van der Waals surface area contributed by atoms with E-state index in [0.717, 1.165) is 11.1 Å². The maximum Gasteiger partial charge on any atom is 1.00 e. The monoisotopic (exact) mass is 1230 g/mol. The van der Waals surface area contributed by atoms with Gasteiger partial charge in [0.15, 0.2) is 0 Å². The van der Waals surface area contributed by atoms with Crippen molar-refractivity contribution in [2.45, 2.75) is 38.5 Å². The molecule has 322 valence electrons. The molecule has 0 bridgehead atoms. The summed E-state index contributed by atoms with van der Waals surface area (Å²) in [5.41, 5.74) is 12.0. The fourth-order valence-electron chi connectivity index (χ4n) is 9.62. The van der Waals surface area contributed by atoms with Crippen molar-refractivity contribution in [3.8, 4) is 34.1 Å². The van der Waals surface area contributed by atoms with E-state index in [1.54, 1.807) is 0 Å². The molecule has 0 aromatic heterocycles. The Morgan fingerprint density at radius 1 is 0.344 bits per heavy atom. The van der Waals surface area contributed by atoms with E-state index < -0.39 is 15.8 Å². The number of hydrogen-bond acceptors (Lipinski definition) is 0. The van der Waals surface area contributed by atoms with Gasteiger partial charge >= 0.3 is 44.8 Å². The first-order valence-electron chi connectivity index (χ1n) is 21.5. The van der Waals surface area contributed by atoms with Gasteiger partial charge in [0.05, 0.1) is 37.1 Å². The molecule has 0 atom stereocenters. The Hall–Kier alpha value is -4.78. The first-order chi connectivity index (χ1) is 30.2. The molecule has 0 unspecified atom stereocenters. The van der Waals surface area contributed by atoms with Gasteiger partial charge in [0, 0.05) is 10.8 Å². The van der Waals surface area contributed by atoms with Gasteiger partial charge in [0.2, 0.25) is 0 Å². The Labute approximate surface area is 415 Å². The SMILES string of the molecule is [Au+].[Au+].[C-]#Cc1cccc2c1C(C)(C)c1ccccc1-2.[C-]#Cc1cccc2c1C(C)(C)c1ccccc1-2.c1ccc([PH+](CC[PH+](c2ccccc2)c2ccccc2)c2ccccc2)cc1. The minimum Gasteiger partial charge on any atom is -0.366 e. The molecule has 0 spiro atoms. The van der Waals surface area contributed by atoms with Gasteiger partial charge in [-0.25, -0.2) is 0 Å². The molecule has 0 nitrogen and oxygen atoms in total. The van der Waals surface area contributed by atoms with E-state index >= 15 is 0 Å². The summed E-state index contributed by atoms with van der Waals surface area (Å²) in [6, 6.07) is 73.8. The van der Waals surface area contributed by atoms with Crippen molar-refractivity contribution in [2.75, 3.05) is 12.3 Å². The summed E-state index contributed by atoms with van der Waals surface area (Å²) in [5, 5.41) is 6.06. The average Bonchev–Trinajstić information content (AvgIpc) is 3.72. The number of fused-ring (bicyclic) bond motifs is 6. The zero-order chi connectivity index (χ0) is 43.1.